The van der Waals surface area contributed by atoms with Crippen molar-refractivity contribution in [2.45, 2.75) is 0 Å². The third-order valence-electron chi connectivity index (χ3n) is 0.800. The predicted molar refractivity (Wildman–Crippen MR) is 47.0 cm³/mol. The van der Waals surface area contributed by atoms with Crippen molar-refractivity contribution >= 4 is 38.1 Å². The van der Waals surface area contributed by atoms with Crippen molar-refractivity contribution in [1.82, 2.24) is 0 Å². The Hall–Kier alpha value is -0.128. The van der Waals surface area contributed by atoms with Gasteiger partial charge >= 0.3 is 51.0 Å². The van der Waals surface area contributed by atoms with Crippen LogP contribution in [0.3, 0.4) is 0 Å². The van der Waals surface area contributed by atoms with Gasteiger partial charge in [-0.05, 0) is 0 Å². The molecular weight excluding hydrogens is 225 g/mol. The Labute approximate surface area is 87.6 Å². The van der Waals surface area contributed by atoms with Gasteiger partial charge in [0, 0.05) is 0 Å². The van der Waals surface area contributed by atoms with Gasteiger partial charge in [0.25, 0.3) is 0 Å². The molecule has 0 aromatic heterocycles. The van der Waals surface area contributed by atoms with E-state index >= 15 is 0 Å². The van der Waals surface area contributed by atoms with Crippen molar-refractivity contribution in [2.24, 2.45) is 0 Å². The van der Waals surface area contributed by atoms with Crippen LogP contribution in [0.2, 0.25) is 0 Å². The van der Waals surface area contributed by atoms with Crippen LogP contribution in [-0.4, -0.2) is 16.3 Å². The molecule has 0 atom stereocenters. The fourth-order valence-electron chi connectivity index (χ4n) is 0.453. The third-order valence-corrected chi connectivity index (χ3v) is 1.18. The predicted octanol–water partition coefficient (Wildman–Crippen LogP) is -0.413. The first kappa shape index (κ1) is 15.3. The molecule has 0 amide bonds. The summed E-state index contributed by atoms with van der Waals surface area (Å²) in [5.74, 6) is 0. The summed E-state index contributed by atoms with van der Waals surface area (Å²) in [7, 11) is -2.17. The minimum atomic E-state index is -1.08. The Balaban J connectivity index is 0. The van der Waals surface area contributed by atoms with Crippen LogP contribution in [0.15, 0.2) is 30.3 Å². The average Bonchev–Trinajstić information content (AvgIpc) is 2.08. The van der Waals surface area contributed by atoms with Crippen molar-refractivity contribution in [1.29, 1.82) is 0 Å². The van der Waals surface area contributed by atoms with Crippen LogP contribution in [0.25, 0.3) is 0 Å². The second kappa shape index (κ2) is 14.4. The second-order valence-electron chi connectivity index (χ2n) is 1.56. The third kappa shape index (κ3) is 18.7. The van der Waals surface area contributed by atoms with Gasteiger partial charge in [0.1, 0.15) is 0 Å². The summed E-state index contributed by atoms with van der Waals surface area (Å²) < 4.78 is 17.9. The molecule has 0 saturated carbocycles. The molecule has 0 spiro atoms. The molecule has 1 aromatic carbocycles. The van der Waals surface area contributed by atoms with E-state index in [4.69, 9.17) is 18.9 Å². The van der Waals surface area contributed by atoms with E-state index in [2.05, 4.69) is 16.3 Å². The van der Waals surface area contributed by atoms with Crippen LogP contribution in [-0.2, 0) is 9.13 Å². The summed E-state index contributed by atoms with van der Waals surface area (Å²) in [5, 5.41) is 0. The summed E-state index contributed by atoms with van der Waals surface area (Å²) in [5.41, 5.74) is 0. The Morgan fingerprint density at radius 2 is 1.31 bits per heavy atom. The average molecular weight is 230 g/mol. The fourth-order valence-corrected chi connectivity index (χ4v) is 0.675. The molecule has 0 N–H and O–H groups in total. The second-order valence-corrected chi connectivity index (χ2v) is 2.52. The summed E-state index contributed by atoms with van der Waals surface area (Å²) in [6, 6.07) is 10.1. The SMILES string of the molecule is O=P[O-].O=P[O-].[Al+2][c]1ccccc1. The van der Waals surface area contributed by atoms with Crippen LogP contribution in [0, 0.1) is 0 Å². The number of benzene rings is 1. The Bertz CT molecular complexity index is 213. The van der Waals surface area contributed by atoms with E-state index in [9.17, 15) is 0 Å². The summed E-state index contributed by atoms with van der Waals surface area (Å²) in [4.78, 5) is 16.7. The van der Waals surface area contributed by atoms with Gasteiger partial charge in [0.15, 0.2) is 0 Å². The molecule has 13 heavy (non-hydrogen) atoms. The number of rotatable bonds is 0. The van der Waals surface area contributed by atoms with Crippen molar-refractivity contribution in [2.75, 3.05) is 0 Å². The minimum absolute atomic E-state index is 1.08. The quantitative estimate of drug-likeness (QED) is 0.448. The topological polar surface area (TPSA) is 80.3 Å². The molecule has 1 aromatic rings. The molecule has 0 aliphatic heterocycles. The zero-order valence-electron chi connectivity index (χ0n) is 6.49. The molecule has 0 radical (unpaired) electrons. The molecule has 4 nitrogen and oxygen atoms in total. The van der Waals surface area contributed by atoms with Crippen LogP contribution >= 0.6 is 17.4 Å². The van der Waals surface area contributed by atoms with E-state index in [1.807, 2.05) is 30.3 Å². The van der Waals surface area contributed by atoms with Crippen LogP contribution in [0.4, 0.5) is 0 Å². The molecule has 0 bridgehead atoms. The van der Waals surface area contributed by atoms with Crippen LogP contribution < -0.4 is 14.2 Å². The van der Waals surface area contributed by atoms with E-state index < -0.39 is 17.4 Å². The first-order chi connectivity index (χ1) is 6.22. The van der Waals surface area contributed by atoms with E-state index in [1.165, 1.54) is 4.43 Å². The number of hydrogen-bond acceptors (Lipinski definition) is 4. The first-order valence-corrected chi connectivity index (χ1v) is 4.97. The molecule has 7 heteroatoms. The molecule has 0 fully saturated rings. The first-order valence-electron chi connectivity index (χ1n) is 2.93. The van der Waals surface area contributed by atoms with E-state index in [1.54, 1.807) is 0 Å². The summed E-state index contributed by atoms with van der Waals surface area (Å²) >= 11 is 2.63. The zero-order chi connectivity index (χ0) is 10.5. The van der Waals surface area contributed by atoms with Gasteiger partial charge in [-0.25, -0.2) is 0 Å². The van der Waals surface area contributed by atoms with Crippen LogP contribution in [0.5, 0.6) is 0 Å². The molecule has 0 heterocycles. The molecule has 1 rings (SSSR count). The molecule has 0 aliphatic rings. The summed E-state index contributed by atoms with van der Waals surface area (Å²) in [6.45, 7) is 0. The fraction of sp³-hybridized carbons (Fsp3) is 0. The Morgan fingerprint density at radius 3 is 1.46 bits per heavy atom. The van der Waals surface area contributed by atoms with E-state index in [0.29, 0.717) is 0 Å². The standard InChI is InChI=1S/C6H5.Al.2HO2P/c1-2-4-6-5-3-1;;2*1-3-2/h1-5H;;2*(H,1,2)/q;+2;;/p-2. The van der Waals surface area contributed by atoms with Crippen molar-refractivity contribution in [3.8, 4) is 0 Å². The molecule has 0 saturated heterocycles. The van der Waals surface area contributed by atoms with Crippen molar-refractivity contribution < 1.29 is 18.9 Å². The Kier molecular flexibility index (Phi) is 17.0. The number of hydrogen-bond donors (Lipinski definition) is 0. The Morgan fingerprint density at radius 1 is 1.00 bits per heavy atom. The maximum atomic E-state index is 8.35. The normalized spacial score (nSPS) is 8.00. The van der Waals surface area contributed by atoms with Gasteiger partial charge in [0.2, 0.25) is 0 Å². The van der Waals surface area contributed by atoms with Gasteiger partial charge in [0.05, 0.1) is 17.4 Å². The summed E-state index contributed by atoms with van der Waals surface area (Å²) in [6.07, 6.45) is 0. The monoisotopic (exact) mass is 230 g/mol. The van der Waals surface area contributed by atoms with Gasteiger partial charge < -0.3 is 9.79 Å². The van der Waals surface area contributed by atoms with E-state index in [0.717, 1.165) is 0 Å². The zero-order valence-corrected chi connectivity index (χ0v) is 9.44. The molecular formula is C6H5AlO4P2. The van der Waals surface area contributed by atoms with Crippen molar-refractivity contribution in [3.05, 3.63) is 30.3 Å². The van der Waals surface area contributed by atoms with Gasteiger partial charge in [-0.1, -0.05) is 0 Å². The van der Waals surface area contributed by atoms with Crippen LogP contribution in [0.1, 0.15) is 0 Å². The van der Waals surface area contributed by atoms with E-state index in [-0.39, 0.29) is 0 Å². The van der Waals surface area contributed by atoms with Gasteiger partial charge in [-0.3, -0.25) is 9.13 Å². The molecule has 66 valence electrons. The van der Waals surface area contributed by atoms with Crippen molar-refractivity contribution in [3.63, 3.8) is 0 Å². The molecule has 0 unspecified atom stereocenters. The maximum absolute atomic E-state index is 8.35. The molecule has 0 aliphatic carbocycles. The van der Waals surface area contributed by atoms with Gasteiger partial charge in [-0.2, -0.15) is 0 Å². The van der Waals surface area contributed by atoms with Gasteiger partial charge in [-0.15, -0.1) is 0 Å².